The highest BCUT2D eigenvalue weighted by molar-refractivity contribution is 7.17. The van der Waals surface area contributed by atoms with Gasteiger partial charge in [-0.25, -0.2) is 19.7 Å². The van der Waals surface area contributed by atoms with Gasteiger partial charge in [0, 0.05) is 38.6 Å². The number of methoxy groups -OCH3 is 1. The predicted molar refractivity (Wildman–Crippen MR) is 84.3 cm³/mol. The van der Waals surface area contributed by atoms with Crippen molar-refractivity contribution in [2.45, 2.75) is 0 Å². The van der Waals surface area contributed by atoms with Gasteiger partial charge in [-0.05, 0) is 6.07 Å². The number of nitrogen functional groups attached to an aromatic ring is 1. The topological polar surface area (TPSA) is 97.5 Å². The number of aromatic nitrogens is 3. The lowest BCUT2D eigenvalue weighted by Gasteiger charge is -2.35. The lowest BCUT2D eigenvalue weighted by Crippen LogP contribution is -2.47. The number of ether oxygens (including phenoxy) is 1. The van der Waals surface area contributed by atoms with Crippen molar-refractivity contribution >= 4 is 34.2 Å². The highest BCUT2D eigenvalue weighted by Crippen LogP contribution is 2.29. The molecule has 0 amide bonds. The number of hydrogen-bond acceptors (Lipinski definition) is 9. The largest absolute Gasteiger partial charge is 0.465 e. The van der Waals surface area contributed by atoms with E-state index in [2.05, 4.69) is 19.9 Å². The van der Waals surface area contributed by atoms with Crippen LogP contribution in [0.25, 0.3) is 0 Å². The van der Waals surface area contributed by atoms with E-state index >= 15 is 0 Å². The fraction of sp³-hybridized carbons (Fsp3) is 0.385. The van der Waals surface area contributed by atoms with Gasteiger partial charge < -0.3 is 20.3 Å². The smallest absolute Gasteiger partial charge is 0.352 e. The summed E-state index contributed by atoms with van der Waals surface area (Å²) in [4.78, 5) is 29.2. The third-order valence-corrected chi connectivity index (χ3v) is 4.26. The van der Waals surface area contributed by atoms with Gasteiger partial charge in [0.05, 0.1) is 7.11 Å². The van der Waals surface area contributed by atoms with E-state index in [0.29, 0.717) is 34.9 Å². The molecule has 0 aliphatic carbocycles. The molecule has 22 heavy (non-hydrogen) atoms. The maximum Gasteiger partial charge on any atom is 0.352 e. The highest BCUT2D eigenvalue weighted by Gasteiger charge is 2.26. The lowest BCUT2D eigenvalue weighted by molar-refractivity contribution is 0.0606. The summed E-state index contributed by atoms with van der Waals surface area (Å²) in [6, 6.07) is 1.79. The number of piperazine rings is 1. The summed E-state index contributed by atoms with van der Waals surface area (Å²) >= 11 is 1.15. The molecule has 3 rings (SSSR count). The summed E-state index contributed by atoms with van der Waals surface area (Å²) in [7, 11) is 1.35. The molecular weight excluding hydrogens is 304 g/mol. The summed E-state index contributed by atoms with van der Waals surface area (Å²) < 4.78 is 4.79. The summed E-state index contributed by atoms with van der Waals surface area (Å²) in [6.45, 7) is 2.93. The number of carbonyl (C=O) groups excluding carboxylic acids is 1. The van der Waals surface area contributed by atoms with E-state index < -0.39 is 5.97 Å². The van der Waals surface area contributed by atoms with Gasteiger partial charge in [-0.1, -0.05) is 11.3 Å². The minimum Gasteiger partial charge on any atom is -0.465 e. The lowest BCUT2D eigenvalue weighted by atomic mass is 10.3. The molecule has 2 N–H and O–H groups in total. The molecule has 0 spiro atoms. The first-order valence-electron chi connectivity index (χ1n) is 6.80. The fourth-order valence-electron chi connectivity index (χ4n) is 2.34. The Morgan fingerprint density at radius 1 is 1.23 bits per heavy atom. The third kappa shape index (κ3) is 2.80. The molecule has 2 aromatic rings. The van der Waals surface area contributed by atoms with Crippen molar-refractivity contribution in [3.05, 3.63) is 23.3 Å². The van der Waals surface area contributed by atoms with Gasteiger partial charge in [-0.2, -0.15) is 0 Å². The average molecular weight is 320 g/mol. The maximum atomic E-state index is 11.8. The molecule has 2 aromatic heterocycles. The van der Waals surface area contributed by atoms with Crippen LogP contribution in [0.3, 0.4) is 0 Å². The first-order valence-corrected chi connectivity index (χ1v) is 7.62. The Bertz CT molecular complexity index is 654. The van der Waals surface area contributed by atoms with E-state index in [0.717, 1.165) is 24.4 Å². The first-order chi connectivity index (χ1) is 10.7. The van der Waals surface area contributed by atoms with Crippen LogP contribution in [0, 0.1) is 0 Å². The van der Waals surface area contributed by atoms with Gasteiger partial charge in [0.2, 0.25) is 5.95 Å². The number of hydrogen-bond donors (Lipinski definition) is 1. The van der Waals surface area contributed by atoms with Crippen LogP contribution in [0.4, 0.5) is 16.9 Å². The quantitative estimate of drug-likeness (QED) is 0.822. The van der Waals surface area contributed by atoms with Gasteiger partial charge in [-0.15, -0.1) is 0 Å². The monoisotopic (exact) mass is 320 g/mol. The number of nitrogens with zero attached hydrogens (tertiary/aromatic N) is 5. The van der Waals surface area contributed by atoms with Gasteiger partial charge >= 0.3 is 5.97 Å². The summed E-state index contributed by atoms with van der Waals surface area (Å²) in [5, 5.41) is 0.365. The minimum atomic E-state index is -0.405. The van der Waals surface area contributed by atoms with Crippen LogP contribution in [0.5, 0.6) is 0 Å². The van der Waals surface area contributed by atoms with Crippen molar-refractivity contribution < 1.29 is 9.53 Å². The Labute approximate surface area is 131 Å². The van der Waals surface area contributed by atoms with E-state index in [1.807, 2.05) is 4.90 Å². The van der Waals surface area contributed by atoms with Crippen molar-refractivity contribution in [2.24, 2.45) is 0 Å². The number of nitrogens with two attached hydrogens (primary N) is 1. The number of thiazole rings is 1. The van der Waals surface area contributed by atoms with E-state index in [1.54, 1.807) is 18.5 Å². The Kier molecular flexibility index (Phi) is 4.05. The maximum absolute atomic E-state index is 11.8. The van der Waals surface area contributed by atoms with E-state index in [-0.39, 0.29) is 0 Å². The molecule has 3 heterocycles. The molecule has 1 saturated heterocycles. The molecule has 9 heteroatoms. The van der Waals surface area contributed by atoms with Crippen LogP contribution in [-0.2, 0) is 4.74 Å². The zero-order chi connectivity index (χ0) is 15.5. The number of carbonyl (C=O) groups is 1. The first kappa shape index (κ1) is 14.5. The SMILES string of the molecule is COC(=O)c1sc(N)nc1N1CCN(c2ncccn2)CC1. The Morgan fingerprint density at radius 2 is 1.86 bits per heavy atom. The molecule has 0 atom stereocenters. The molecule has 0 unspecified atom stereocenters. The van der Waals surface area contributed by atoms with Gasteiger partial charge in [0.15, 0.2) is 15.8 Å². The second kappa shape index (κ2) is 6.14. The second-order valence-corrected chi connectivity index (χ2v) is 5.75. The van der Waals surface area contributed by atoms with E-state index in [4.69, 9.17) is 10.5 Å². The molecule has 116 valence electrons. The van der Waals surface area contributed by atoms with E-state index in [9.17, 15) is 4.79 Å². The number of anilines is 3. The summed E-state index contributed by atoms with van der Waals surface area (Å²) in [5.74, 6) is 0.911. The molecule has 1 aliphatic heterocycles. The normalized spacial score (nSPS) is 15.0. The molecule has 0 aromatic carbocycles. The Hall–Kier alpha value is -2.42. The Balaban J connectivity index is 1.73. The molecular formula is C13H16N6O2S. The minimum absolute atomic E-state index is 0.365. The average Bonchev–Trinajstić information content (AvgIpc) is 2.97. The zero-order valence-electron chi connectivity index (χ0n) is 12.1. The third-order valence-electron chi connectivity index (χ3n) is 3.41. The zero-order valence-corrected chi connectivity index (χ0v) is 12.9. The van der Waals surface area contributed by atoms with Gasteiger partial charge in [0.1, 0.15) is 0 Å². The predicted octanol–water partition coefficient (Wildman–Crippen LogP) is 0.628. The molecule has 0 radical (unpaired) electrons. The van der Waals surface area contributed by atoms with Crippen LogP contribution >= 0.6 is 11.3 Å². The number of esters is 1. The van der Waals surface area contributed by atoms with Crippen molar-refractivity contribution in [1.29, 1.82) is 0 Å². The van der Waals surface area contributed by atoms with Crippen molar-refractivity contribution in [1.82, 2.24) is 15.0 Å². The van der Waals surface area contributed by atoms with Crippen LogP contribution in [0.1, 0.15) is 9.67 Å². The van der Waals surface area contributed by atoms with Crippen molar-refractivity contribution in [3.8, 4) is 0 Å². The van der Waals surface area contributed by atoms with Crippen LogP contribution < -0.4 is 15.5 Å². The highest BCUT2D eigenvalue weighted by atomic mass is 32.1. The second-order valence-electron chi connectivity index (χ2n) is 4.72. The Morgan fingerprint density at radius 3 is 2.50 bits per heavy atom. The van der Waals surface area contributed by atoms with Gasteiger partial charge in [0.25, 0.3) is 0 Å². The standard InChI is InChI=1S/C13H16N6O2S/c1-21-11(20)9-10(17-12(14)22-9)18-5-7-19(8-6-18)13-15-3-2-4-16-13/h2-4H,5-8H2,1H3,(H2,14,17). The van der Waals surface area contributed by atoms with Crippen LogP contribution in [0.15, 0.2) is 18.5 Å². The van der Waals surface area contributed by atoms with E-state index in [1.165, 1.54) is 7.11 Å². The van der Waals surface area contributed by atoms with Crippen LogP contribution in [-0.4, -0.2) is 54.2 Å². The summed E-state index contributed by atoms with van der Waals surface area (Å²) in [5.41, 5.74) is 5.74. The molecule has 1 aliphatic rings. The van der Waals surface area contributed by atoms with Gasteiger partial charge in [-0.3, -0.25) is 0 Å². The molecule has 8 nitrogen and oxygen atoms in total. The van der Waals surface area contributed by atoms with Crippen molar-refractivity contribution in [3.63, 3.8) is 0 Å². The van der Waals surface area contributed by atoms with Crippen molar-refractivity contribution in [2.75, 3.05) is 48.8 Å². The fourth-order valence-corrected chi connectivity index (χ4v) is 3.11. The molecule has 1 fully saturated rings. The summed E-state index contributed by atoms with van der Waals surface area (Å²) in [6.07, 6.45) is 3.45. The molecule has 0 bridgehead atoms. The van der Waals surface area contributed by atoms with Crippen LogP contribution in [0.2, 0.25) is 0 Å². The molecule has 0 saturated carbocycles. The number of rotatable bonds is 3.